The molecule has 19 heteroatoms. The molecule has 0 spiro atoms. The van der Waals surface area contributed by atoms with Gasteiger partial charge in [-0.2, -0.15) is 5.10 Å². The number of carbonyl (C=O) groups excluding carboxylic acids is 5. The quantitative estimate of drug-likeness (QED) is 0.0473. The first-order valence-corrected chi connectivity index (χ1v) is 19.3. The molecule has 0 aliphatic carbocycles. The Labute approximate surface area is 346 Å². The number of aliphatic imine (C=N–C) groups is 1. The number of ether oxygens (including phenoxy) is 1. The van der Waals surface area contributed by atoms with Crippen LogP contribution >= 0.6 is 0 Å². The third-order valence-corrected chi connectivity index (χ3v) is 8.68. The third-order valence-electron chi connectivity index (χ3n) is 8.68. The zero-order valence-corrected chi connectivity index (χ0v) is 34.8. The van der Waals surface area contributed by atoms with Gasteiger partial charge in [-0.3, -0.25) is 39.5 Å². The van der Waals surface area contributed by atoms with E-state index in [0.29, 0.717) is 57.8 Å². The lowest BCUT2D eigenvalue weighted by atomic mass is 10.2. The summed E-state index contributed by atoms with van der Waals surface area (Å²) >= 11 is 0. The van der Waals surface area contributed by atoms with Gasteiger partial charge in [0.05, 0.1) is 27.8 Å². The molecule has 0 radical (unpaired) electrons. The average molecular weight is 822 g/mol. The van der Waals surface area contributed by atoms with Gasteiger partial charge in [-0.25, -0.2) is 14.8 Å². The summed E-state index contributed by atoms with van der Waals surface area (Å²) in [6.45, 7) is 14.0. The van der Waals surface area contributed by atoms with Gasteiger partial charge >= 0.3 is 6.09 Å². The summed E-state index contributed by atoms with van der Waals surface area (Å²) in [5, 5.41) is 15.5. The van der Waals surface area contributed by atoms with Gasteiger partial charge in [0, 0.05) is 56.1 Å². The summed E-state index contributed by atoms with van der Waals surface area (Å²) in [5.74, 6) is -1.52. The van der Waals surface area contributed by atoms with Gasteiger partial charge in [0.1, 0.15) is 17.0 Å². The number of fused-ring (bicyclic) bond motifs is 2. The summed E-state index contributed by atoms with van der Waals surface area (Å²) in [5.41, 5.74) is 15.0. The fourth-order valence-electron chi connectivity index (χ4n) is 6.10. The Hall–Kier alpha value is -7.31. The van der Waals surface area contributed by atoms with Crippen molar-refractivity contribution in [1.29, 1.82) is 0 Å². The molecule has 5 aromatic rings. The predicted molar refractivity (Wildman–Crippen MR) is 229 cm³/mol. The molecule has 0 saturated carbocycles. The molecular formula is C41H51N13O6. The van der Waals surface area contributed by atoms with Gasteiger partial charge in [-0.15, -0.1) is 0 Å². The Morgan fingerprint density at radius 1 is 0.817 bits per heavy atom. The van der Waals surface area contributed by atoms with Gasteiger partial charge < -0.3 is 36.0 Å². The van der Waals surface area contributed by atoms with Crippen LogP contribution in [0.4, 0.5) is 16.7 Å². The predicted octanol–water partition coefficient (Wildman–Crippen LogP) is 4.03. The number of allylic oxidation sites excluding steroid dienone is 3. The lowest BCUT2D eigenvalue weighted by Gasteiger charge is -2.19. The van der Waals surface area contributed by atoms with Crippen LogP contribution in [0, 0.1) is 6.92 Å². The highest BCUT2D eigenvalue weighted by Crippen LogP contribution is 2.24. The molecule has 3 aromatic heterocycles. The third kappa shape index (κ3) is 11.0. The van der Waals surface area contributed by atoms with Gasteiger partial charge in [0.2, 0.25) is 17.8 Å². The lowest BCUT2D eigenvalue weighted by molar-refractivity contribution is -0.110. The molecule has 19 nitrogen and oxygen atoms in total. The van der Waals surface area contributed by atoms with Crippen LogP contribution in [0.1, 0.15) is 78.4 Å². The van der Waals surface area contributed by atoms with Crippen molar-refractivity contribution in [3.63, 3.8) is 0 Å². The summed E-state index contributed by atoms with van der Waals surface area (Å²) in [7, 11) is 0. The van der Waals surface area contributed by atoms with Gasteiger partial charge in [-0.1, -0.05) is 12.2 Å². The molecule has 0 fully saturated rings. The Balaban J connectivity index is 1.42. The minimum atomic E-state index is -0.652. The topological polar surface area (TPSA) is 261 Å². The number of benzene rings is 2. The number of nitrogens with one attached hydrogen (secondary N) is 4. The first-order valence-electron chi connectivity index (χ1n) is 19.3. The van der Waals surface area contributed by atoms with E-state index < -0.39 is 35.3 Å². The minimum absolute atomic E-state index is 0.116. The second-order valence-electron chi connectivity index (χ2n) is 14.7. The number of hydrogen-bond donors (Lipinski definition) is 6. The van der Waals surface area contributed by atoms with Crippen molar-refractivity contribution in [3.05, 3.63) is 88.9 Å². The van der Waals surface area contributed by atoms with E-state index in [1.807, 2.05) is 19.1 Å². The van der Waals surface area contributed by atoms with Crippen LogP contribution in [0.15, 0.2) is 71.4 Å². The molecule has 0 aliphatic rings. The highest BCUT2D eigenvalue weighted by atomic mass is 16.6. The Bertz CT molecular complexity index is 2530. The molecule has 0 unspecified atom stereocenters. The monoisotopic (exact) mass is 821 g/mol. The van der Waals surface area contributed by atoms with Crippen molar-refractivity contribution in [2.75, 3.05) is 30.3 Å². The van der Waals surface area contributed by atoms with Crippen LogP contribution in [-0.4, -0.2) is 89.6 Å². The van der Waals surface area contributed by atoms with Crippen LogP contribution < -0.4 is 32.7 Å². The molecule has 8 N–H and O–H groups in total. The zero-order chi connectivity index (χ0) is 43.7. The summed E-state index contributed by atoms with van der Waals surface area (Å²) < 4.78 is 10.4. The molecule has 3 heterocycles. The van der Waals surface area contributed by atoms with Crippen molar-refractivity contribution in [3.8, 4) is 0 Å². The van der Waals surface area contributed by atoms with Crippen molar-refractivity contribution < 1.29 is 28.7 Å². The van der Waals surface area contributed by atoms with Crippen molar-refractivity contribution >= 4 is 69.4 Å². The maximum absolute atomic E-state index is 13.5. The number of aryl methyl sites for hydroxylation is 2. The number of nitrogens with zero attached hydrogens (tertiary/aromatic N) is 7. The molecule has 5 rings (SSSR count). The number of nitrogens with two attached hydrogens (primary N) is 2. The van der Waals surface area contributed by atoms with E-state index in [1.54, 1.807) is 97.8 Å². The second kappa shape index (κ2) is 19.0. The van der Waals surface area contributed by atoms with Crippen molar-refractivity contribution in [2.45, 2.75) is 73.7 Å². The average Bonchev–Trinajstić information content (AvgIpc) is 3.84. The molecule has 0 aliphatic heterocycles. The number of hydrogen-bond acceptors (Lipinski definition) is 11. The summed E-state index contributed by atoms with van der Waals surface area (Å²) in [4.78, 5) is 77.6. The van der Waals surface area contributed by atoms with Crippen LogP contribution in [0.25, 0.3) is 22.1 Å². The Morgan fingerprint density at radius 3 is 1.97 bits per heavy atom. The number of imidazole rings is 2. The number of rotatable bonds is 16. The second-order valence-corrected chi connectivity index (χ2v) is 14.7. The molecular weight excluding hydrogens is 771 g/mol. The van der Waals surface area contributed by atoms with E-state index in [-0.39, 0.29) is 49.4 Å². The SMILES string of the molecule is CCN=C(C=C(C)N)C(=O)Nc1nc2cc(C(=O)NCCNC(=O)OC(C)(C)C)ccc2n1C/C=C/Cn1c(NC(=O)c2cc(C)nn2CC)nc2cc(C(N)=O)ccc21. The fourth-order valence-corrected chi connectivity index (χ4v) is 6.10. The molecule has 0 atom stereocenters. The van der Waals surface area contributed by atoms with Crippen molar-refractivity contribution in [2.24, 2.45) is 16.5 Å². The minimum Gasteiger partial charge on any atom is -0.444 e. The molecule has 0 bridgehead atoms. The van der Waals surface area contributed by atoms with E-state index in [9.17, 15) is 24.0 Å². The first kappa shape index (κ1) is 43.8. The van der Waals surface area contributed by atoms with Crippen LogP contribution in [-0.2, 0) is 29.2 Å². The van der Waals surface area contributed by atoms with Crippen LogP contribution in [0.2, 0.25) is 0 Å². The summed E-state index contributed by atoms with van der Waals surface area (Å²) in [6, 6.07) is 11.5. The fraction of sp³-hybridized carbons (Fsp3) is 0.341. The number of aromatic nitrogens is 6. The Morgan fingerprint density at radius 2 is 1.40 bits per heavy atom. The van der Waals surface area contributed by atoms with Crippen LogP contribution in [0.5, 0.6) is 0 Å². The molecule has 2 aromatic carbocycles. The van der Waals surface area contributed by atoms with E-state index in [0.717, 1.165) is 0 Å². The number of anilines is 2. The highest BCUT2D eigenvalue weighted by Gasteiger charge is 2.21. The largest absolute Gasteiger partial charge is 0.444 e. The number of amides is 5. The molecule has 0 saturated heterocycles. The molecule has 5 amide bonds. The maximum Gasteiger partial charge on any atom is 0.407 e. The standard InChI is InChI=1S/C41H51N13O6/c1-8-44-30(20-24(3)42)36(57)49-38-48-29-23-27(35(56)45-16-17-46-40(59)60-41(5,6)7)13-15-32(29)52(38)18-10-11-19-53-31-14-12-26(34(43)55)22-28(31)47-39(53)50-37(58)33-21-25(4)51-54(33)9-2/h10-15,20-23H,8-9,16-19,42H2,1-7H3,(H2,43,55)(H,45,56)(H,46,59)(H,47,50,58)(H,48,49,57)/b11-10+,24-20?,44-30?. The van der Waals surface area contributed by atoms with Crippen LogP contribution in [0.3, 0.4) is 0 Å². The molecule has 316 valence electrons. The first-order chi connectivity index (χ1) is 28.5. The highest BCUT2D eigenvalue weighted by molar-refractivity contribution is 6.47. The Kier molecular flexibility index (Phi) is 13.8. The van der Waals surface area contributed by atoms with E-state index in [2.05, 4.69) is 41.3 Å². The number of carbonyl (C=O) groups is 5. The number of primary amides is 1. The number of alkyl carbamates (subject to hydrolysis) is 1. The van der Waals surface area contributed by atoms with Gasteiger partial charge in [-0.05, 0) is 97.0 Å². The van der Waals surface area contributed by atoms with E-state index >= 15 is 0 Å². The lowest BCUT2D eigenvalue weighted by Crippen LogP contribution is -2.37. The van der Waals surface area contributed by atoms with Gasteiger partial charge in [0.15, 0.2) is 0 Å². The maximum atomic E-state index is 13.5. The van der Waals surface area contributed by atoms with E-state index in [1.165, 1.54) is 6.08 Å². The zero-order valence-electron chi connectivity index (χ0n) is 34.8. The van der Waals surface area contributed by atoms with Crippen molar-refractivity contribution in [1.82, 2.24) is 39.5 Å². The smallest absolute Gasteiger partial charge is 0.407 e. The normalized spacial score (nSPS) is 12.2. The van der Waals surface area contributed by atoms with E-state index in [4.69, 9.17) is 16.2 Å². The molecule has 60 heavy (non-hydrogen) atoms. The summed E-state index contributed by atoms with van der Waals surface area (Å²) in [6.07, 6.45) is 4.59. The van der Waals surface area contributed by atoms with Gasteiger partial charge in [0.25, 0.3) is 17.7 Å².